The van der Waals surface area contributed by atoms with Gasteiger partial charge in [0.2, 0.25) is 0 Å². The Morgan fingerprint density at radius 3 is 2.40 bits per heavy atom. The van der Waals surface area contributed by atoms with Crippen LogP contribution in [0.5, 0.6) is 11.5 Å². The number of hydrogen-bond donors (Lipinski definition) is 1. The van der Waals surface area contributed by atoms with Crippen LogP contribution in [-0.4, -0.2) is 50.4 Å². The molecule has 0 radical (unpaired) electrons. The van der Waals surface area contributed by atoms with Crippen LogP contribution in [-0.2, 0) is 10.2 Å². The number of nitrogens with zero attached hydrogens (tertiary/aromatic N) is 1. The molecule has 1 aromatic carbocycles. The number of carbonyl (C=O) groups excluding carboxylic acids is 1. The molecular formula is C19H28N2O4. The van der Waals surface area contributed by atoms with Gasteiger partial charge >= 0.3 is 6.09 Å². The minimum Gasteiger partial charge on any atom is -0.497 e. The third kappa shape index (κ3) is 3.34. The molecule has 1 amide bonds. The summed E-state index contributed by atoms with van der Waals surface area (Å²) in [6, 6.07) is 3.96. The maximum absolute atomic E-state index is 12.3. The van der Waals surface area contributed by atoms with Gasteiger partial charge in [0.1, 0.15) is 17.1 Å². The number of likely N-dealkylation sites (tertiary alicyclic amines) is 1. The fourth-order valence-electron chi connectivity index (χ4n) is 3.78. The van der Waals surface area contributed by atoms with E-state index in [-0.39, 0.29) is 11.5 Å². The van der Waals surface area contributed by atoms with E-state index in [2.05, 4.69) is 5.32 Å². The second-order valence-electron chi connectivity index (χ2n) is 7.85. The number of methoxy groups -OCH3 is 2. The van der Waals surface area contributed by atoms with Crippen molar-refractivity contribution in [1.82, 2.24) is 4.90 Å². The van der Waals surface area contributed by atoms with Gasteiger partial charge in [-0.25, -0.2) is 4.79 Å². The van der Waals surface area contributed by atoms with Gasteiger partial charge in [0, 0.05) is 48.4 Å². The Morgan fingerprint density at radius 1 is 1.16 bits per heavy atom. The molecule has 1 saturated heterocycles. The van der Waals surface area contributed by atoms with Crippen molar-refractivity contribution in [3.05, 3.63) is 17.7 Å². The molecule has 6 nitrogen and oxygen atoms in total. The zero-order valence-corrected chi connectivity index (χ0v) is 15.8. The largest absolute Gasteiger partial charge is 0.497 e. The number of hydrogen-bond acceptors (Lipinski definition) is 5. The van der Waals surface area contributed by atoms with Gasteiger partial charge in [-0.1, -0.05) is 0 Å². The minimum atomic E-state index is -0.465. The van der Waals surface area contributed by atoms with Gasteiger partial charge in [-0.2, -0.15) is 0 Å². The Bertz CT molecular complexity index is 658. The average molecular weight is 348 g/mol. The predicted octanol–water partition coefficient (Wildman–Crippen LogP) is 3.40. The maximum Gasteiger partial charge on any atom is 0.410 e. The molecule has 1 spiro atoms. The lowest BCUT2D eigenvalue weighted by Gasteiger charge is -2.40. The van der Waals surface area contributed by atoms with Crippen molar-refractivity contribution in [2.24, 2.45) is 0 Å². The maximum atomic E-state index is 12.3. The van der Waals surface area contributed by atoms with Crippen molar-refractivity contribution in [2.75, 3.05) is 39.2 Å². The lowest BCUT2D eigenvalue weighted by atomic mass is 9.74. The number of fused-ring (bicyclic) bond motifs is 2. The molecule has 2 heterocycles. The SMILES string of the molecule is COc1cc2c(c(OC)c1)C1(CCN(C(=O)OC(C)(C)C)CC1)CN2. The summed E-state index contributed by atoms with van der Waals surface area (Å²) in [7, 11) is 3.35. The van der Waals surface area contributed by atoms with Crippen LogP contribution >= 0.6 is 0 Å². The molecule has 1 N–H and O–H groups in total. The van der Waals surface area contributed by atoms with Crippen LogP contribution < -0.4 is 14.8 Å². The molecule has 25 heavy (non-hydrogen) atoms. The lowest BCUT2D eigenvalue weighted by molar-refractivity contribution is 0.0171. The minimum absolute atomic E-state index is 0.00847. The molecule has 1 fully saturated rings. The van der Waals surface area contributed by atoms with Crippen LogP contribution in [0, 0.1) is 0 Å². The molecule has 0 bridgehead atoms. The van der Waals surface area contributed by atoms with Crippen molar-refractivity contribution in [3.63, 3.8) is 0 Å². The summed E-state index contributed by atoms with van der Waals surface area (Å²) in [4.78, 5) is 14.1. The fourth-order valence-corrected chi connectivity index (χ4v) is 3.78. The summed E-state index contributed by atoms with van der Waals surface area (Å²) in [6.45, 7) is 7.91. The smallest absolute Gasteiger partial charge is 0.410 e. The highest BCUT2D eigenvalue weighted by Crippen LogP contribution is 2.50. The van der Waals surface area contributed by atoms with E-state index in [0.29, 0.717) is 13.1 Å². The molecule has 0 aliphatic carbocycles. The third-order valence-corrected chi connectivity index (χ3v) is 5.05. The van der Waals surface area contributed by atoms with Crippen LogP contribution in [0.1, 0.15) is 39.2 Å². The second-order valence-corrected chi connectivity index (χ2v) is 7.85. The van der Waals surface area contributed by atoms with Gasteiger partial charge in [0.15, 0.2) is 0 Å². The van der Waals surface area contributed by atoms with Crippen molar-refractivity contribution in [3.8, 4) is 11.5 Å². The Morgan fingerprint density at radius 2 is 1.84 bits per heavy atom. The van der Waals surface area contributed by atoms with Gasteiger partial charge in [0.05, 0.1) is 14.2 Å². The van der Waals surface area contributed by atoms with Crippen molar-refractivity contribution in [2.45, 2.75) is 44.6 Å². The van der Waals surface area contributed by atoms with Crippen molar-refractivity contribution >= 4 is 11.8 Å². The highest BCUT2D eigenvalue weighted by molar-refractivity contribution is 5.71. The number of carbonyl (C=O) groups is 1. The van der Waals surface area contributed by atoms with Crippen LogP contribution in [0.3, 0.4) is 0 Å². The highest BCUT2D eigenvalue weighted by Gasteiger charge is 2.45. The lowest BCUT2D eigenvalue weighted by Crippen LogP contribution is -2.47. The standard InChI is InChI=1S/C19H28N2O4/c1-18(2,3)25-17(22)21-8-6-19(7-9-21)12-20-14-10-13(23-4)11-15(24-5)16(14)19/h10-11,20H,6-9,12H2,1-5H3. The summed E-state index contributed by atoms with van der Waals surface area (Å²) in [6.07, 6.45) is 1.54. The van der Waals surface area contributed by atoms with Crippen LogP contribution in [0.15, 0.2) is 12.1 Å². The molecule has 6 heteroatoms. The highest BCUT2D eigenvalue weighted by atomic mass is 16.6. The van der Waals surface area contributed by atoms with Gasteiger partial charge in [-0.05, 0) is 33.6 Å². The molecule has 3 rings (SSSR count). The van der Waals surface area contributed by atoms with Gasteiger partial charge in [-0.15, -0.1) is 0 Å². The monoisotopic (exact) mass is 348 g/mol. The summed E-state index contributed by atoms with van der Waals surface area (Å²) in [5.41, 5.74) is 1.81. The molecule has 0 aromatic heterocycles. The third-order valence-electron chi connectivity index (χ3n) is 5.05. The topological polar surface area (TPSA) is 60.0 Å². The quantitative estimate of drug-likeness (QED) is 0.888. The van der Waals surface area contributed by atoms with Crippen LogP contribution in [0.4, 0.5) is 10.5 Å². The molecule has 0 atom stereocenters. The number of anilines is 1. The van der Waals surface area contributed by atoms with E-state index in [1.165, 1.54) is 5.56 Å². The van der Waals surface area contributed by atoms with Gasteiger partial charge in [0.25, 0.3) is 0 Å². The summed E-state index contributed by atoms with van der Waals surface area (Å²) in [5.74, 6) is 1.64. The number of piperidine rings is 1. The zero-order chi connectivity index (χ0) is 18.2. The Balaban J connectivity index is 1.79. The van der Waals surface area contributed by atoms with E-state index in [9.17, 15) is 4.79 Å². The van der Waals surface area contributed by atoms with E-state index in [1.54, 1.807) is 14.2 Å². The van der Waals surface area contributed by atoms with E-state index in [4.69, 9.17) is 14.2 Å². The molecule has 138 valence electrons. The molecule has 1 aromatic rings. The van der Waals surface area contributed by atoms with E-state index < -0.39 is 5.60 Å². The first-order valence-corrected chi connectivity index (χ1v) is 8.76. The summed E-state index contributed by atoms with van der Waals surface area (Å²) in [5, 5.41) is 3.50. The van der Waals surface area contributed by atoms with Crippen molar-refractivity contribution in [1.29, 1.82) is 0 Å². The number of rotatable bonds is 2. The van der Waals surface area contributed by atoms with Crippen LogP contribution in [0.25, 0.3) is 0 Å². The first-order valence-electron chi connectivity index (χ1n) is 8.76. The Hall–Kier alpha value is -2.11. The summed E-state index contributed by atoms with van der Waals surface area (Å²) < 4.78 is 16.5. The summed E-state index contributed by atoms with van der Waals surface area (Å²) >= 11 is 0. The Kier molecular flexibility index (Phi) is 4.47. The molecule has 0 unspecified atom stereocenters. The number of benzene rings is 1. The number of ether oxygens (including phenoxy) is 3. The molecule has 2 aliphatic heterocycles. The van der Waals surface area contributed by atoms with Gasteiger partial charge < -0.3 is 24.4 Å². The predicted molar refractivity (Wildman–Crippen MR) is 96.8 cm³/mol. The van der Waals surface area contributed by atoms with E-state index in [0.717, 1.165) is 36.6 Å². The Labute approximate surface area is 149 Å². The normalized spacial score (nSPS) is 18.5. The van der Waals surface area contributed by atoms with Gasteiger partial charge in [-0.3, -0.25) is 0 Å². The number of amides is 1. The van der Waals surface area contributed by atoms with Crippen LogP contribution in [0.2, 0.25) is 0 Å². The van der Waals surface area contributed by atoms with E-state index in [1.807, 2.05) is 37.8 Å². The molecular weight excluding hydrogens is 320 g/mol. The number of nitrogens with one attached hydrogen (secondary N) is 1. The zero-order valence-electron chi connectivity index (χ0n) is 15.8. The van der Waals surface area contributed by atoms with Crippen molar-refractivity contribution < 1.29 is 19.0 Å². The second kappa shape index (κ2) is 6.32. The first kappa shape index (κ1) is 17.7. The van der Waals surface area contributed by atoms with E-state index >= 15 is 0 Å². The average Bonchev–Trinajstić information content (AvgIpc) is 2.91. The fraction of sp³-hybridized carbons (Fsp3) is 0.632. The molecule has 2 aliphatic rings. The first-order chi connectivity index (χ1) is 11.8. The molecule has 0 saturated carbocycles.